The molecule has 0 aliphatic rings. The molecule has 0 saturated heterocycles. The number of nitrogens with zero attached hydrogens (tertiary/aromatic N) is 2. The second-order valence-corrected chi connectivity index (χ2v) is 4.23. The van der Waals surface area contributed by atoms with E-state index in [2.05, 4.69) is 5.10 Å². The molecule has 0 aromatic carbocycles. The first-order valence-electron chi connectivity index (χ1n) is 4.87. The summed E-state index contributed by atoms with van der Waals surface area (Å²) < 4.78 is 1.57. The number of carbonyl (C=O) groups excluding carboxylic acids is 1. The first-order chi connectivity index (χ1) is 6.91. The summed E-state index contributed by atoms with van der Waals surface area (Å²) in [7, 11) is 1.76. The van der Waals surface area contributed by atoms with Crippen molar-refractivity contribution in [1.29, 1.82) is 0 Å². The molecule has 1 unspecified atom stereocenters. The molecule has 15 heavy (non-hydrogen) atoms. The van der Waals surface area contributed by atoms with E-state index in [1.54, 1.807) is 11.7 Å². The highest BCUT2D eigenvalue weighted by Gasteiger charge is 2.15. The summed E-state index contributed by atoms with van der Waals surface area (Å²) in [6.07, 6.45) is 0.699. The highest BCUT2D eigenvalue weighted by Crippen LogP contribution is 2.19. The topological polar surface area (TPSA) is 60.9 Å². The molecule has 1 aromatic heterocycles. The Kier molecular flexibility index (Phi) is 3.88. The molecule has 0 saturated carbocycles. The van der Waals surface area contributed by atoms with Crippen molar-refractivity contribution in [2.24, 2.45) is 12.8 Å². The first-order valence-corrected chi connectivity index (χ1v) is 5.25. The molecular weight excluding hydrogens is 214 g/mol. The van der Waals surface area contributed by atoms with E-state index in [1.807, 2.05) is 13.8 Å². The predicted octanol–water partition coefficient (Wildman–Crippen LogP) is 1.23. The van der Waals surface area contributed by atoms with Gasteiger partial charge in [-0.2, -0.15) is 5.10 Å². The van der Waals surface area contributed by atoms with Gasteiger partial charge in [0.2, 0.25) is 0 Å². The number of carbonyl (C=O) groups is 1. The Morgan fingerprint density at radius 2 is 2.27 bits per heavy atom. The molecule has 0 radical (unpaired) electrons. The third-order valence-corrected chi connectivity index (χ3v) is 2.67. The maximum absolute atomic E-state index is 11.6. The molecule has 1 atom stereocenters. The van der Waals surface area contributed by atoms with Crippen LogP contribution in [0.5, 0.6) is 0 Å². The van der Waals surface area contributed by atoms with Crippen LogP contribution in [-0.4, -0.2) is 21.6 Å². The number of hydrogen-bond acceptors (Lipinski definition) is 3. The van der Waals surface area contributed by atoms with Gasteiger partial charge in [-0.3, -0.25) is 9.48 Å². The lowest BCUT2D eigenvalue weighted by atomic mass is 10.1. The maximum atomic E-state index is 11.6. The normalized spacial score (nSPS) is 12.9. The summed E-state index contributed by atoms with van der Waals surface area (Å²) in [6.45, 7) is 3.66. The number of ketones is 1. The summed E-state index contributed by atoms with van der Waals surface area (Å²) in [5.74, 6) is 0.100. The van der Waals surface area contributed by atoms with Crippen molar-refractivity contribution < 1.29 is 4.79 Å². The number of aromatic nitrogens is 2. The van der Waals surface area contributed by atoms with E-state index in [0.29, 0.717) is 18.0 Å². The number of Topliss-reactive ketones (excluding diaryl/α,β-unsaturated/α-hetero) is 1. The number of hydrogen-bond donors (Lipinski definition) is 1. The average Bonchev–Trinajstić information content (AvgIpc) is 2.31. The van der Waals surface area contributed by atoms with Crippen LogP contribution in [0.25, 0.3) is 0 Å². The molecule has 1 rings (SSSR count). The molecular formula is C10H16ClN3O. The Morgan fingerprint density at radius 1 is 1.67 bits per heavy atom. The van der Waals surface area contributed by atoms with Crippen LogP contribution < -0.4 is 5.73 Å². The Hall–Kier alpha value is -0.870. The van der Waals surface area contributed by atoms with Gasteiger partial charge in [0.15, 0.2) is 0 Å². The van der Waals surface area contributed by atoms with Gasteiger partial charge >= 0.3 is 0 Å². The second-order valence-electron chi connectivity index (χ2n) is 3.88. The minimum atomic E-state index is -0.103. The fraction of sp³-hybridized carbons (Fsp3) is 0.600. The minimum Gasteiger partial charge on any atom is -0.328 e. The smallest absolute Gasteiger partial charge is 0.138 e. The Bertz CT molecular complexity index is 371. The molecule has 0 aliphatic heterocycles. The van der Waals surface area contributed by atoms with E-state index in [4.69, 9.17) is 17.3 Å². The van der Waals surface area contributed by atoms with Gasteiger partial charge < -0.3 is 5.73 Å². The van der Waals surface area contributed by atoms with E-state index >= 15 is 0 Å². The van der Waals surface area contributed by atoms with E-state index in [-0.39, 0.29) is 11.8 Å². The van der Waals surface area contributed by atoms with Gasteiger partial charge in [0.05, 0.1) is 5.69 Å². The van der Waals surface area contributed by atoms with Crippen molar-refractivity contribution in [2.45, 2.75) is 32.7 Å². The van der Waals surface area contributed by atoms with Gasteiger partial charge in [0.25, 0.3) is 0 Å². The molecule has 1 heterocycles. The predicted molar refractivity (Wildman–Crippen MR) is 59.9 cm³/mol. The van der Waals surface area contributed by atoms with Crippen LogP contribution in [0.4, 0.5) is 0 Å². The van der Waals surface area contributed by atoms with Crippen molar-refractivity contribution >= 4 is 17.4 Å². The third-order valence-electron chi connectivity index (χ3n) is 2.19. The SMILES string of the molecule is Cc1nn(C)c(Cl)c1CC(=O)CC(C)N. The van der Waals surface area contributed by atoms with Gasteiger partial charge in [0.1, 0.15) is 10.9 Å². The lowest BCUT2D eigenvalue weighted by molar-refractivity contribution is -0.118. The zero-order valence-corrected chi connectivity index (χ0v) is 10.0. The molecule has 0 amide bonds. The van der Waals surface area contributed by atoms with Gasteiger partial charge in [-0.25, -0.2) is 0 Å². The van der Waals surface area contributed by atoms with Crippen LogP contribution in [0, 0.1) is 6.92 Å². The summed E-state index contributed by atoms with van der Waals surface area (Å²) in [6, 6.07) is -0.103. The van der Waals surface area contributed by atoms with Crippen molar-refractivity contribution in [3.63, 3.8) is 0 Å². The van der Waals surface area contributed by atoms with Crippen molar-refractivity contribution in [1.82, 2.24) is 9.78 Å². The molecule has 0 aliphatic carbocycles. The van der Waals surface area contributed by atoms with Crippen molar-refractivity contribution in [2.75, 3.05) is 0 Å². The van der Waals surface area contributed by atoms with Crippen LogP contribution in [0.2, 0.25) is 5.15 Å². The molecule has 5 heteroatoms. The number of halogens is 1. The lowest BCUT2D eigenvalue weighted by Gasteiger charge is -2.03. The third kappa shape index (κ3) is 3.04. The minimum absolute atomic E-state index is 0.100. The fourth-order valence-electron chi connectivity index (χ4n) is 1.50. The van der Waals surface area contributed by atoms with E-state index in [9.17, 15) is 4.79 Å². The molecule has 2 N–H and O–H groups in total. The maximum Gasteiger partial charge on any atom is 0.138 e. The summed E-state index contributed by atoms with van der Waals surface area (Å²) in [4.78, 5) is 11.6. The lowest BCUT2D eigenvalue weighted by Crippen LogP contribution is -2.20. The summed E-state index contributed by atoms with van der Waals surface area (Å²) in [5, 5.41) is 4.68. The monoisotopic (exact) mass is 229 g/mol. The van der Waals surface area contributed by atoms with Crippen LogP contribution in [0.3, 0.4) is 0 Å². The Morgan fingerprint density at radius 3 is 2.67 bits per heavy atom. The summed E-state index contributed by atoms with van der Waals surface area (Å²) in [5.41, 5.74) is 7.17. The van der Waals surface area contributed by atoms with Crippen molar-refractivity contribution in [3.05, 3.63) is 16.4 Å². The van der Waals surface area contributed by atoms with Crippen molar-refractivity contribution in [3.8, 4) is 0 Å². The highest BCUT2D eigenvalue weighted by molar-refractivity contribution is 6.30. The van der Waals surface area contributed by atoms with Crippen LogP contribution >= 0.6 is 11.6 Å². The van der Waals surface area contributed by atoms with Crippen LogP contribution in [0.1, 0.15) is 24.6 Å². The van der Waals surface area contributed by atoms with Gasteiger partial charge in [0, 0.05) is 31.5 Å². The molecule has 0 spiro atoms. The highest BCUT2D eigenvalue weighted by atomic mass is 35.5. The van der Waals surface area contributed by atoms with Crippen LogP contribution in [0.15, 0.2) is 0 Å². The average molecular weight is 230 g/mol. The van der Waals surface area contributed by atoms with Gasteiger partial charge in [-0.05, 0) is 13.8 Å². The number of rotatable bonds is 4. The zero-order chi connectivity index (χ0) is 11.6. The van der Waals surface area contributed by atoms with E-state index < -0.39 is 0 Å². The van der Waals surface area contributed by atoms with Gasteiger partial charge in [-0.1, -0.05) is 11.6 Å². The zero-order valence-electron chi connectivity index (χ0n) is 9.25. The first kappa shape index (κ1) is 12.2. The molecule has 0 fully saturated rings. The Labute approximate surface area is 94.4 Å². The van der Waals surface area contributed by atoms with Crippen LogP contribution in [-0.2, 0) is 18.3 Å². The molecule has 0 bridgehead atoms. The molecule has 84 valence electrons. The Balaban J connectivity index is 2.76. The van der Waals surface area contributed by atoms with Gasteiger partial charge in [-0.15, -0.1) is 0 Å². The fourth-order valence-corrected chi connectivity index (χ4v) is 1.74. The number of nitrogens with two attached hydrogens (primary N) is 1. The largest absolute Gasteiger partial charge is 0.328 e. The molecule has 4 nitrogen and oxygen atoms in total. The quantitative estimate of drug-likeness (QED) is 0.845. The number of aryl methyl sites for hydroxylation is 2. The summed E-state index contributed by atoms with van der Waals surface area (Å²) >= 11 is 6.01. The van der Waals surface area contributed by atoms with E-state index in [1.165, 1.54) is 0 Å². The van der Waals surface area contributed by atoms with E-state index in [0.717, 1.165) is 11.3 Å². The second kappa shape index (κ2) is 4.77. The standard InChI is InChI=1S/C10H16ClN3O/c1-6(12)4-8(15)5-9-7(2)13-14(3)10(9)11/h6H,4-5,12H2,1-3H3. The molecule has 1 aromatic rings.